The zero-order chi connectivity index (χ0) is 22.5. The zero-order valence-corrected chi connectivity index (χ0v) is 16.5. The largest absolute Gasteiger partial charge is 0.477 e. The van der Waals surface area contributed by atoms with Crippen LogP contribution in [0, 0.1) is 13.8 Å². The first-order valence-electron chi connectivity index (χ1n) is 8.22. The number of carbonyl (C=O) groups is 4. The van der Waals surface area contributed by atoms with Gasteiger partial charge in [-0.25, -0.2) is 9.59 Å². The van der Waals surface area contributed by atoms with E-state index >= 15 is 0 Å². The Bertz CT molecular complexity index is 1110. The number of rotatable bonds is 4. The first-order valence-corrected chi connectivity index (χ1v) is 8.22. The van der Waals surface area contributed by atoms with Gasteiger partial charge in [-0.1, -0.05) is 0 Å². The molecule has 0 aromatic carbocycles. The van der Waals surface area contributed by atoms with Crippen LogP contribution in [0.5, 0.6) is 0 Å². The number of aromatic amines is 2. The van der Waals surface area contributed by atoms with Crippen molar-refractivity contribution < 1.29 is 29.0 Å². The van der Waals surface area contributed by atoms with Crippen molar-refractivity contribution in [3.05, 3.63) is 66.5 Å². The van der Waals surface area contributed by atoms with Crippen molar-refractivity contribution >= 4 is 23.5 Å². The van der Waals surface area contributed by atoms with Crippen LogP contribution in [-0.4, -0.2) is 45.7 Å². The fourth-order valence-corrected chi connectivity index (χ4v) is 2.40. The van der Waals surface area contributed by atoms with Gasteiger partial charge in [0.05, 0.1) is 7.11 Å². The minimum Gasteiger partial charge on any atom is -0.477 e. The van der Waals surface area contributed by atoms with Crippen molar-refractivity contribution in [1.82, 2.24) is 9.97 Å². The van der Waals surface area contributed by atoms with Gasteiger partial charge < -0.3 is 19.8 Å². The summed E-state index contributed by atoms with van der Waals surface area (Å²) in [7, 11) is 1.18. The smallest absolute Gasteiger partial charge is 0.343 e. The molecule has 2 rings (SSSR count). The lowest BCUT2D eigenvalue weighted by molar-refractivity contribution is 0.0597. The van der Waals surface area contributed by atoms with E-state index in [1.165, 1.54) is 27.0 Å². The fourth-order valence-electron chi connectivity index (χ4n) is 2.40. The van der Waals surface area contributed by atoms with E-state index in [0.717, 1.165) is 6.07 Å². The van der Waals surface area contributed by atoms with Crippen LogP contribution in [0.15, 0.2) is 21.7 Å². The minimum absolute atomic E-state index is 0.159. The molecule has 2 aromatic heterocycles. The van der Waals surface area contributed by atoms with Crippen molar-refractivity contribution in [3.8, 4) is 0 Å². The Balaban J connectivity index is 0.000000291. The molecular weight excluding hydrogens is 384 g/mol. The lowest BCUT2D eigenvalue weighted by Crippen LogP contribution is -2.21. The van der Waals surface area contributed by atoms with Gasteiger partial charge in [0.25, 0.3) is 11.1 Å². The number of methoxy groups -OCH3 is 1. The third kappa shape index (κ3) is 5.58. The number of ketones is 2. The average molecular weight is 404 g/mol. The Labute approximate surface area is 164 Å². The number of ether oxygens (including phenoxy) is 1. The predicted molar refractivity (Wildman–Crippen MR) is 102 cm³/mol. The van der Waals surface area contributed by atoms with Gasteiger partial charge in [0, 0.05) is 22.5 Å². The van der Waals surface area contributed by atoms with Gasteiger partial charge in [0.2, 0.25) is 0 Å². The summed E-state index contributed by atoms with van der Waals surface area (Å²) in [6, 6.07) is 2.35. The van der Waals surface area contributed by atoms with Crippen LogP contribution in [0.2, 0.25) is 0 Å². The molecule has 0 bridgehead atoms. The Morgan fingerprint density at radius 3 is 1.52 bits per heavy atom. The summed E-state index contributed by atoms with van der Waals surface area (Å²) in [6.45, 7) is 5.82. The second-order valence-corrected chi connectivity index (χ2v) is 6.01. The molecule has 2 heterocycles. The highest BCUT2D eigenvalue weighted by Crippen LogP contribution is 2.07. The Morgan fingerprint density at radius 1 is 0.793 bits per heavy atom. The van der Waals surface area contributed by atoms with Gasteiger partial charge in [0.15, 0.2) is 11.6 Å². The molecule has 10 heteroatoms. The molecule has 0 aliphatic heterocycles. The van der Waals surface area contributed by atoms with Crippen LogP contribution in [0.4, 0.5) is 0 Å². The monoisotopic (exact) mass is 404 g/mol. The third-order valence-electron chi connectivity index (χ3n) is 3.87. The van der Waals surface area contributed by atoms with Gasteiger partial charge >= 0.3 is 11.9 Å². The molecule has 29 heavy (non-hydrogen) atoms. The topological polar surface area (TPSA) is 163 Å². The second-order valence-electron chi connectivity index (χ2n) is 6.01. The maximum atomic E-state index is 11.3. The maximum Gasteiger partial charge on any atom is 0.343 e. The SMILES string of the molecule is CC(=O)c1cc(C(=O)O)c(=O)[nH]c1C.COC(=O)c1cc(C(C)=O)c(C)[nH]c1=O. The van der Waals surface area contributed by atoms with Crippen molar-refractivity contribution in [3.63, 3.8) is 0 Å². The molecule has 0 saturated carbocycles. The molecule has 0 fully saturated rings. The Kier molecular flexibility index (Phi) is 7.53. The van der Waals surface area contributed by atoms with Crippen LogP contribution < -0.4 is 11.1 Å². The average Bonchev–Trinajstić information content (AvgIpc) is 2.60. The summed E-state index contributed by atoms with van der Waals surface area (Å²) in [5.41, 5.74) is -0.455. The molecule has 10 nitrogen and oxygen atoms in total. The summed E-state index contributed by atoms with van der Waals surface area (Å²) >= 11 is 0. The molecule has 0 aliphatic rings. The van der Waals surface area contributed by atoms with Crippen LogP contribution >= 0.6 is 0 Å². The number of carboxylic acid groups (broad SMARTS) is 1. The first-order chi connectivity index (χ1) is 13.4. The highest BCUT2D eigenvalue weighted by molar-refractivity contribution is 5.98. The summed E-state index contributed by atoms with van der Waals surface area (Å²) in [5, 5.41) is 8.63. The standard InChI is InChI=1S/C10H11NO4.C9H9NO4/c1-5-7(6(2)12)4-8(9(13)11-5)10(14)15-3;1-4-6(5(2)11)3-7(9(13)14)8(12)10-4/h4H,1-3H3,(H,11,13);3H,1-2H3,(H,10,12)(H,13,14). The van der Waals surface area contributed by atoms with Crippen molar-refractivity contribution in [1.29, 1.82) is 0 Å². The number of hydrogen-bond donors (Lipinski definition) is 3. The van der Waals surface area contributed by atoms with Gasteiger partial charge in [0.1, 0.15) is 11.1 Å². The van der Waals surface area contributed by atoms with Crippen LogP contribution in [0.3, 0.4) is 0 Å². The Hall–Kier alpha value is -3.82. The van der Waals surface area contributed by atoms with Crippen molar-refractivity contribution in [2.24, 2.45) is 0 Å². The van der Waals surface area contributed by atoms with Crippen molar-refractivity contribution in [2.45, 2.75) is 27.7 Å². The number of carboxylic acids is 1. The molecular formula is C19H20N2O8. The number of aromatic nitrogens is 2. The lowest BCUT2D eigenvalue weighted by atomic mass is 10.1. The van der Waals surface area contributed by atoms with Gasteiger partial charge in [-0.15, -0.1) is 0 Å². The van der Waals surface area contributed by atoms with Crippen LogP contribution in [0.1, 0.15) is 66.7 Å². The van der Waals surface area contributed by atoms with Gasteiger partial charge in [-0.05, 0) is 39.8 Å². The number of hydrogen-bond acceptors (Lipinski definition) is 7. The molecule has 0 radical (unpaired) electrons. The summed E-state index contributed by atoms with van der Waals surface area (Å²) < 4.78 is 4.42. The van der Waals surface area contributed by atoms with E-state index in [1.54, 1.807) is 13.8 Å². The molecule has 0 aliphatic carbocycles. The molecule has 0 spiro atoms. The van der Waals surface area contributed by atoms with Crippen LogP contribution in [0.25, 0.3) is 0 Å². The van der Waals surface area contributed by atoms with Gasteiger partial charge in [-0.2, -0.15) is 0 Å². The molecule has 0 saturated heterocycles. The maximum absolute atomic E-state index is 11.3. The number of aromatic carboxylic acids is 1. The number of H-pyrrole nitrogens is 2. The predicted octanol–water partition coefficient (Wildman–Crippen LogP) is 1.26. The van der Waals surface area contributed by atoms with E-state index in [4.69, 9.17) is 5.11 Å². The first kappa shape index (κ1) is 23.2. The third-order valence-corrected chi connectivity index (χ3v) is 3.87. The Morgan fingerprint density at radius 2 is 1.17 bits per heavy atom. The molecule has 0 atom stereocenters. The van der Waals surface area contributed by atoms with E-state index in [9.17, 15) is 28.8 Å². The number of aryl methyl sites for hydroxylation is 2. The van der Waals surface area contributed by atoms with Crippen LogP contribution in [-0.2, 0) is 4.74 Å². The highest BCUT2D eigenvalue weighted by Gasteiger charge is 2.15. The quantitative estimate of drug-likeness (QED) is 0.506. The van der Waals surface area contributed by atoms with Crippen molar-refractivity contribution in [2.75, 3.05) is 7.11 Å². The van der Waals surface area contributed by atoms with E-state index < -0.39 is 28.6 Å². The number of esters is 1. The zero-order valence-electron chi connectivity index (χ0n) is 16.5. The van der Waals surface area contributed by atoms with E-state index in [2.05, 4.69) is 14.7 Å². The number of carbonyl (C=O) groups excluding carboxylic acids is 3. The molecule has 154 valence electrons. The van der Waals surface area contributed by atoms with E-state index in [0.29, 0.717) is 17.0 Å². The normalized spacial score (nSPS) is 9.83. The number of Topliss-reactive ketones (excluding diaryl/α,β-unsaturated/α-hetero) is 2. The van der Waals surface area contributed by atoms with E-state index in [1.807, 2.05) is 0 Å². The summed E-state index contributed by atoms with van der Waals surface area (Å²) in [6.07, 6.45) is 0. The molecule has 2 aromatic rings. The second kappa shape index (κ2) is 9.40. The number of pyridine rings is 2. The highest BCUT2D eigenvalue weighted by atomic mass is 16.5. The summed E-state index contributed by atoms with van der Waals surface area (Å²) in [5.74, 6) is -2.58. The molecule has 0 amide bonds. The fraction of sp³-hybridized carbons (Fsp3) is 0.263. The molecule has 3 N–H and O–H groups in total. The minimum atomic E-state index is -1.34. The van der Waals surface area contributed by atoms with Gasteiger partial charge in [-0.3, -0.25) is 19.2 Å². The lowest BCUT2D eigenvalue weighted by Gasteiger charge is -2.04. The summed E-state index contributed by atoms with van der Waals surface area (Å²) in [4.78, 5) is 71.1. The number of nitrogens with one attached hydrogen (secondary N) is 2. The molecule has 0 unspecified atom stereocenters. The van der Waals surface area contributed by atoms with E-state index in [-0.39, 0.29) is 22.7 Å².